The summed E-state index contributed by atoms with van der Waals surface area (Å²) < 4.78 is 28.3. The second kappa shape index (κ2) is 8.87. The average molecular weight is 482 g/mol. The first-order valence-corrected chi connectivity index (χ1v) is 10.9. The molecule has 0 aliphatic heterocycles. The third-order valence-corrected chi connectivity index (χ3v) is 6.21. The zero-order valence-electron chi connectivity index (χ0n) is 16.5. The minimum atomic E-state index is -2.80. The van der Waals surface area contributed by atoms with E-state index in [0.717, 1.165) is 16.1 Å². The van der Waals surface area contributed by atoms with Crippen LogP contribution in [-0.4, -0.2) is 42.9 Å². The molecule has 2 atom stereocenters. The second-order valence-corrected chi connectivity index (χ2v) is 9.19. The summed E-state index contributed by atoms with van der Waals surface area (Å²) in [7, 11) is 0. The highest BCUT2D eigenvalue weighted by Crippen LogP contribution is 2.46. The van der Waals surface area contributed by atoms with Gasteiger partial charge in [-0.3, -0.25) is 9.59 Å². The summed E-state index contributed by atoms with van der Waals surface area (Å²) in [5, 5.41) is 14.7. The summed E-state index contributed by atoms with van der Waals surface area (Å²) >= 11 is 6.96. The molecule has 2 amide bonds. The van der Waals surface area contributed by atoms with Gasteiger partial charge in [0.1, 0.15) is 10.9 Å². The molecule has 32 heavy (non-hydrogen) atoms. The number of thiazole rings is 1. The number of alkyl halides is 2. The number of carbonyl (C=O) groups excluding carboxylic acids is 2. The molecule has 168 valence electrons. The van der Waals surface area contributed by atoms with Crippen LogP contribution in [0, 0.1) is 5.92 Å². The molecule has 1 saturated carbocycles. The molecule has 3 aromatic rings. The van der Waals surface area contributed by atoms with Gasteiger partial charge in [-0.1, -0.05) is 47.2 Å². The number of amides is 2. The van der Waals surface area contributed by atoms with Gasteiger partial charge in [-0.05, 0) is 23.1 Å². The number of nitrogens with one attached hydrogen (secondary N) is 1. The topological polar surface area (TPSA) is 129 Å². The van der Waals surface area contributed by atoms with Crippen molar-refractivity contribution in [3.05, 3.63) is 40.4 Å². The van der Waals surface area contributed by atoms with Crippen molar-refractivity contribution in [1.82, 2.24) is 25.2 Å². The highest BCUT2D eigenvalue weighted by Gasteiger charge is 2.45. The zero-order valence-corrected chi connectivity index (χ0v) is 18.1. The van der Waals surface area contributed by atoms with Gasteiger partial charge in [0.2, 0.25) is 23.6 Å². The Morgan fingerprint density at radius 2 is 2.09 bits per heavy atom. The predicted octanol–water partition coefficient (Wildman–Crippen LogP) is 3.09. The lowest BCUT2D eigenvalue weighted by Gasteiger charge is -2.23. The molecule has 2 unspecified atom stereocenters. The maximum atomic E-state index is 13.9. The van der Waals surface area contributed by atoms with Gasteiger partial charge in [-0.2, -0.15) is 4.80 Å². The molecule has 1 aliphatic carbocycles. The first-order chi connectivity index (χ1) is 15.2. The summed E-state index contributed by atoms with van der Waals surface area (Å²) in [6, 6.07) is 6.71. The Balaban J connectivity index is 1.58. The van der Waals surface area contributed by atoms with Crippen molar-refractivity contribution in [2.45, 2.75) is 37.6 Å². The van der Waals surface area contributed by atoms with Crippen molar-refractivity contribution >= 4 is 39.9 Å². The third kappa shape index (κ3) is 5.07. The highest BCUT2D eigenvalue weighted by molar-refractivity contribution is 7.19. The fourth-order valence-corrected chi connectivity index (χ4v) is 4.62. The SMILES string of the molecule is NC(=O)Cn1nnc(-c2ccc(C(C(=O)Nc3ncc(Cl)s3)C3CCC(F)(F)C3)cc2)n1. The lowest BCUT2D eigenvalue weighted by Crippen LogP contribution is -2.27. The van der Waals surface area contributed by atoms with Crippen LogP contribution in [0.3, 0.4) is 0 Å². The lowest BCUT2D eigenvalue weighted by molar-refractivity contribution is -0.119. The van der Waals surface area contributed by atoms with Crippen molar-refractivity contribution in [3.63, 3.8) is 0 Å². The minimum Gasteiger partial charge on any atom is -0.368 e. The van der Waals surface area contributed by atoms with Gasteiger partial charge in [-0.25, -0.2) is 13.8 Å². The third-order valence-electron chi connectivity index (χ3n) is 5.18. The fraction of sp³-hybridized carbons (Fsp3) is 0.368. The Kier molecular flexibility index (Phi) is 6.15. The van der Waals surface area contributed by atoms with Crippen LogP contribution >= 0.6 is 22.9 Å². The van der Waals surface area contributed by atoms with Crippen molar-refractivity contribution in [2.24, 2.45) is 11.7 Å². The van der Waals surface area contributed by atoms with Crippen LogP contribution in [0.2, 0.25) is 4.34 Å². The number of primary amides is 1. The van der Waals surface area contributed by atoms with Crippen LogP contribution in [0.4, 0.5) is 13.9 Å². The van der Waals surface area contributed by atoms with Gasteiger partial charge in [0.15, 0.2) is 5.13 Å². The predicted molar refractivity (Wildman–Crippen MR) is 113 cm³/mol. The van der Waals surface area contributed by atoms with E-state index in [-0.39, 0.29) is 31.6 Å². The lowest BCUT2D eigenvalue weighted by atomic mass is 9.83. The van der Waals surface area contributed by atoms with E-state index < -0.39 is 29.6 Å². The van der Waals surface area contributed by atoms with Gasteiger partial charge < -0.3 is 11.1 Å². The van der Waals surface area contributed by atoms with Gasteiger partial charge in [0, 0.05) is 18.4 Å². The van der Waals surface area contributed by atoms with Crippen LogP contribution in [0.5, 0.6) is 0 Å². The molecule has 2 aromatic heterocycles. The number of hydrogen-bond acceptors (Lipinski definition) is 7. The number of hydrogen-bond donors (Lipinski definition) is 2. The number of carbonyl (C=O) groups is 2. The van der Waals surface area contributed by atoms with Crippen molar-refractivity contribution in [3.8, 4) is 11.4 Å². The number of benzene rings is 1. The van der Waals surface area contributed by atoms with Gasteiger partial charge in [-0.15, -0.1) is 10.2 Å². The molecule has 0 saturated heterocycles. The van der Waals surface area contributed by atoms with E-state index in [9.17, 15) is 18.4 Å². The zero-order chi connectivity index (χ0) is 22.9. The van der Waals surface area contributed by atoms with E-state index in [0.29, 0.717) is 20.6 Å². The van der Waals surface area contributed by atoms with Gasteiger partial charge in [0.25, 0.3) is 0 Å². The minimum absolute atomic E-state index is 0.204. The molecule has 3 N–H and O–H groups in total. The van der Waals surface area contributed by atoms with Crippen molar-refractivity contribution in [1.29, 1.82) is 0 Å². The van der Waals surface area contributed by atoms with Crippen molar-refractivity contribution < 1.29 is 18.4 Å². The molecule has 1 aromatic carbocycles. The standard InChI is InChI=1S/C19H18ClF2N7O2S/c20-13-8-24-18(32-13)25-17(31)15(12-5-6-19(21,22)7-12)10-1-3-11(4-2-10)16-26-28-29(27-16)9-14(23)30/h1-4,8,12,15H,5-7,9H2,(H2,23,30)(H,24,25,31). The Labute approximate surface area is 190 Å². The maximum Gasteiger partial charge on any atom is 0.248 e. The van der Waals surface area contributed by atoms with Gasteiger partial charge in [0.05, 0.1) is 12.1 Å². The van der Waals surface area contributed by atoms with Crippen molar-refractivity contribution in [2.75, 3.05) is 5.32 Å². The summed E-state index contributed by atoms with van der Waals surface area (Å²) in [6.45, 7) is -0.204. The fourth-order valence-electron chi connectivity index (χ4n) is 3.81. The highest BCUT2D eigenvalue weighted by atomic mass is 35.5. The molecule has 2 heterocycles. The number of nitrogens with two attached hydrogens (primary N) is 1. The van der Waals surface area contributed by atoms with E-state index in [2.05, 4.69) is 25.7 Å². The molecular formula is C19H18ClF2N7O2S. The molecule has 13 heteroatoms. The largest absolute Gasteiger partial charge is 0.368 e. The monoisotopic (exact) mass is 481 g/mol. The van der Waals surface area contributed by atoms with Crippen LogP contribution in [0.25, 0.3) is 11.4 Å². The van der Waals surface area contributed by atoms with Gasteiger partial charge >= 0.3 is 0 Å². The molecule has 0 spiro atoms. The van der Waals surface area contributed by atoms with E-state index >= 15 is 0 Å². The molecule has 0 radical (unpaired) electrons. The molecule has 4 rings (SSSR count). The smallest absolute Gasteiger partial charge is 0.248 e. The summed E-state index contributed by atoms with van der Waals surface area (Å²) in [4.78, 5) is 29.1. The molecule has 1 fully saturated rings. The summed E-state index contributed by atoms with van der Waals surface area (Å²) in [5.74, 6) is -4.87. The average Bonchev–Trinajstić information content (AvgIpc) is 3.43. The van der Waals surface area contributed by atoms with E-state index in [1.165, 1.54) is 6.20 Å². The molecule has 0 bridgehead atoms. The maximum absolute atomic E-state index is 13.9. The Bertz CT molecular complexity index is 1130. The van der Waals surface area contributed by atoms with E-state index in [1.54, 1.807) is 24.3 Å². The second-order valence-electron chi connectivity index (χ2n) is 7.53. The quantitative estimate of drug-likeness (QED) is 0.533. The number of rotatable bonds is 7. The van der Waals surface area contributed by atoms with Crippen LogP contribution in [0.1, 0.15) is 30.7 Å². The first kappa shape index (κ1) is 22.2. The summed E-state index contributed by atoms with van der Waals surface area (Å²) in [5.41, 5.74) is 6.29. The van der Waals surface area contributed by atoms with E-state index in [1.807, 2.05) is 0 Å². The molecule has 1 aliphatic rings. The number of tetrazole rings is 1. The van der Waals surface area contributed by atoms with Crippen LogP contribution < -0.4 is 11.1 Å². The Morgan fingerprint density at radius 1 is 1.34 bits per heavy atom. The number of aromatic nitrogens is 5. The summed E-state index contributed by atoms with van der Waals surface area (Å²) in [6.07, 6.45) is 1.02. The number of halogens is 3. The molecule has 9 nitrogen and oxygen atoms in total. The first-order valence-electron chi connectivity index (χ1n) is 9.67. The number of anilines is 1. The van der Waals surface area contributed by atoms with Crippen LogP contribution in [-0.2, 0) is 16.1 Å². The number of nitrogens with zero attached hydrogens (tertiary/aromatic N) is 5. The van der Waals surface area contributed by atoms with E-state index in [4.69, 9.17) is 17.3 Å². The van der Waals surface area contributed by atoms with Crippen LogP contribution in [0.15, 0.2) is 30.5 Å². The molecular weight excluding hydrogens is 464 g/mol. The Morgan fingerprint density at radius 3 is 2.69 bits per heavy atom. The Hall–Kier alpha value is -2.99. The normalized spacial score (nSPS) is 18.4.